The minimum absolute atomic E-state index is 0.338. The molecule has 13 heavy (non-hydrogen) atoms. The molecule has 2 unspecified atom stereocenters. The predicted molar refractivity (Wildman–Crippen MR) is 54.7 cm³/mol. The molecule has 1 saturated heterocycles. The Morgan fingerprint density at radius 2 is 2.38 bits per heavy atom. The van der Waals surface area contributed by atoms with Crippen LogP contribution in [0.15, 0.2) is 0 Å². The second-order valence-corrected chi connectivity index (χ2v) is 4.05. The fourth-order valence-corrected chi connectivity index (χ4v) is 1.94. The number of likely N-dealkylation sites (tertiary alicyclic amines) is 1. The molecule has 1 rings (SSSR count). The Morgan fingerprint density at radius 1 is 1.62 bits per heavy atom. The smallest absolute Gasteiger partial charge is 0.0589 e. The molecule has 0 saturated carbocycles. The lowest BCUT2D eigenvalue weighted by atomic mass is 9.92. The normalized spacial score (nSPS) is 27.5. The minimum atomic E-state index is 0.338. The first-order chi connectivity index (χ1) is 6.24. The van der Waals surface area contributed by atoms with Crippen LogP contribution in [0, 0.1) is 5.92 Å². The van der Waals surface area contributed by atoms with Crippen molar-refractivity contribution in [3.8, 4) is 0 Å². The molecule has 1 aliphatic heterocycles. The van der Waals surface area contributed by atoms with Gasteiger partial charge in [0, 0.05) is 26.2 Å². The van der Waals surface area contributed by atoms with E-state index in [9.17, 15) is 0 Å². The van der Waals surface area contributed by atoms with E-state index in [1.807, 2.05) is 0 Å². The zero-order valence-electron chi connectivity index (χ0n) is 8.83. The van der Waals surface area contributed by atoms with E-state index < -0.39 is 0 Å². The highest BCUT2D eigenvalue weighted by Gasteiger charge is 2.21. The second-order valence-electron chi connectivity index (χ2n) is 4.05. The molecular weight excluding hydrogens is 164 g/mol. The largest absolute Gasteiger partial charge is 0.383 e. The number of hydrogen-bond acceptors (Lipinski definition) is 3. The molecule has 1 fully saturated rings. The third-order valence-corrected chi connectivity index (χ3v) is 2.90. The van der Waals surface area contributed by atoms with Crippen molar-refractivity contribution in [1.82, 2.24) is 4.90 Å². The Morgan fingerprint density at radius 3 is 3.00 bits per heavy atom. The Hall–Kier alpha value is -0.120. The van der Waals surface area contributed by atoms with Gasteiger partial charge >= 0.3 is 0 Å². The number of rotatable bonds is 4. The molecule has 3 nitrogen and oxygen atoms in total. The molecule has 0 bridgehead atoms. The third kappa shape index (κ3) is 3.63. The van der Waals surface area contributed by atoms with Crippen LogP contribution in [0.5, 0.6) is 0 Å². The Balaban J connectivity index is 2.25. The lowest BCUT2D eigenvalue weighted by Crippen LogP contribution is -2.43. The van der Waals surface area contributed by atoms with Gasteiger partial charge in [0.05, 0.1) is 6.61 Å². The van der Waals surface area contributed by atoms with Gasteiger partial charge < -0.3 is 15.4 Å². The topological polar surface area (TPSA) is 38.5 Å². The summed E-state index contributed by atoms with van der Waals surface area (Å²) in [6.07, 6.45) is 2.58. The quantitative estimate of drug-likeness (QED) is 0.702. The highest BCUT2D eigenvalue weighted by atomic mass is 16.5. The van der Waals surface area contributed by atoms with Crippen LogP contribution in [0.1, 0.15) is 19.8 Å². The number of nitrogens with zero attached hydrogens (tertiary/aromatic N) is 1. The minimum Gasteiger partial charge on any atom is -0.383 e. The molecule has 0 amide bonds. The van der Waals surface area contributed by atoms with Crippen molar-refractivity contribution >= 4 is 0 Å². The van der Waals surface area contributed by atoms with E-state index in [1.165, 1.54) is 19.4 Å². The summed E-state index contributed by atoms with van der Waals surface area (Å²) >= 11 is 0. The number of piperidine rings is 1. The molecule has 0 aromatic rings. The maximum absolute atomic E-state index is 5.90. The van der Waals surface area contributed by atoms with Crippen molar-refractivity contribution in [2.45, 2.75) is 25.8 Å². The fraction of sp³-hybridized carbons (Fsp3) is 1.00. The van der Waals surface area contributed by atoms with E-state index in [-0.39, 0.29) is 0 Å². The Labute approximate surface area is 81.2 Å². The van der Waals surface area contributed by atoms with E-state index in [0.29, 0.717) is 12.0 Å². The van der Waals surface area contributed by atoms with E-state index in [1.54, 1.807) is 7.11 Å². The van der Waals surface area contributed by atoms with E-state index in [2.05, 4.69) is 11.8 Å². The average molecular weight is 186 g/mol. The second kappa shape index (κ2) is 5.58. The van der Waals surface area contributed by atoms with Crippen molar-refractivity contribution in [3.63, 3.8) is 0 Å². The zero-order chi connectivity index (χ0) is 9.68. The highest BCUT2D eigenvalue weighted by molar-refractivity contribution is 4.78. The SMILES string of the molecule is COCCN1CCCC(C(C)N)C1. The predicted octanol–water partition coefficient (Wildman–Crippen LogP) is 0.692. The third-order valence-electron chi connectivity index (χ3n) is 2.90. The van der Waals surface area contributed by atoms with Gasteiger partial charge in [-0.25, -0.2) is 0 Å². The van der Waals surface area contributed by atoms with Gasteiger partial charge in [0.15, 0.2) is 0 Å². The monoisotopic (exact) mass is 186 g/mol. The first kappa shape index (κ1) is 11.0. The molecule has 1 heterocycles. The van der Waals surface area contributed by atoms with Gasteiger partial charge in [-0.2, -0.15) is 0 Å². The standard InChI is InChI=1S/C10H22N2O/c1-9(11)10-4-3-5-12(8-10)6-7-13-2/h9-10H,3-8,11H2,1-2H3. The molecule has 2 N–H and O–H groups in total. The lowest BCUT2D eigenvalue weighted by molar-refractivity contribution is 0.109. The molecule has 0 spiro atoms. The molecule has 1 aliphatic rings. The number of hydrogen-bond donors (Lipinski definition) is 1. The van der Waals surface area contributed by atoms with Crippen LogP contribution in [-0.4, -0.2) is 44.3 Å². The van der Waals surface area contributed by atoms with Gasteiger partial charge in [-0.1, -0.05) is 0 Å². The molecular formula is C10H22N2O. The number of nitrogens with two attached hydrogens (primary N) is 1. The summed E-state index contributed by atoms with van der Waals surface area (Å²) in [5.41, 5.74) is 5.90. The van der Waals surface area contributed by atoms with Gasteiger partial charge in [0.25, 0.3) is 0 Å². The van der Waals surface area contributed by atoms with Gasteiger partial charge in [0.2, 0.25) is 0 Å². The maximum atomic E-state index is 5.90. The van der Waals surface area contributed by atoms with Crippen LogP contribution in [0.4, 0.5) is 0 Å². The van der Waals surface area contributed by atoms with Crippen molar-refractivity contribution in [2.75, 3.05) is 33.4 Å². The van der Waals surface area contributed by atoms with E-state index in [4.69, 9.17) is 10.5 Å². The highest BCUT2D eigenvalue weighted by Crippen LogP contribution is 2.18. The van der Waals surface area contributed by atoms with Crippen LogP contribution in [0.3, 0.4) is 0 Å². The molecule has 0 radical (unpaired) electrons. The summed E-state index contributed by atoms with van der Waals surface area (Å²) in [4.78, 5) is 2.46. The molecule has 0 aliphatic carbocycles. The molecule has 2 atom stereocenters. The van der Waals surface area contributed by atoms with Crippen molar-refractivity contribution in [3.05, 3.63) is 0 Å². The van der Waals surface area contributed by atoms with Crippen LogP contribution >= 0.6 is 0 Å². The van der Waals surface area contributed by atoms with Gasteiger partial charge in [0.1, 0.15) is 0 Å². The number of ether oxygens (including phenoxy) is 1. The molecule has 0 aromatic carbocycles. The van der Waals surface area contributed by atoms with Crippen LogP contribution in [-0.2, 0) is 4.74 Å². The lowest BCUT2D eigenvalue weighted by Gasteiger charge is -2.34. The van der Waals surface area contributed by atoms with E-state index in [0.717, 1.165) is 19.7 Å². The molecule has 0 aromatic heterocycles. The van der Waals surface area contributed by atoms with Crippen molar-refractivity contribution in [2.24, 2.45) is 11.7 Å². The summed E-state index contributed by atoms with van der Waals surface area (Å²) in [6.45, 7) is 6.38. The van der Waals surface area contributed by atoms with E-state index >= 15 is 0 Å². The molecule has 78 valence electrons. The molecule has 3 heteroatoms. The summed E-state index contributed by atoms with van der Waals surface area (Å²) in [5, 5.41) is 0. The van der Waals surface area contributed by atoms with Crippen molar-refractivity contribution < 1.29 is 4.74 Å². The zero-order valence-corrected chi connectivity index (χ0v) is 8.83. The van der Waals surface area contributed by atoms with Gasteiger partial charge in [-0.3, -0.25) is 0 Å². The number of methoxy groups -OCH3 is 1. The van der Waals surface area contributed by atoms with Gasteiger partial charge in [-0.05, 0) is 32.2 Å². The first-order valence-corrected chi connectivity index (χ1v) is 5.21. The van der Waals surface area contributed by atoms with Crippen LogP contribution in [0.2, 0.25) is 0 Å². The fourth-order valence-electron chi connectivity index (χ4n) is 1.94. The Bertz CT molecular complexity index is 139. The van der Waals surface area contributed by atoms with Crippen molar-refractivity contribution in [1.29, 1.82) is 0 Å². The maximum Gasteiger partial charge on any atom is 0.0589 e. The average Bonchev–Trinajstić information content (AvgIpc) is 2.15. The summed E-state index contributed by atoms with van der Waals surface area (Å²) in [5.74, 6) is 0.686. The Kier molecular flexibility index (Phi) is 4.70. The summed E-state index contributed by atoms with van der Waals surface area (Å²) in [7, 11) is 1.76. The van der Waals surface area contributed by atoms with Gasteiger partial charge in [-0.15, -0.1) is 0 Å². The van der Waals surface area contributed by atoms with Crippen LogP contribution < -0.4 is 5.73 Å². The first-order valence-electron chi connectivity index (χ1n) is 5.21. The summed E-state index contributed by atoms with van der Waals surface area (Å²) < 4.78 is 5.07. The van der Waals surface area contributed by atoms with Crippen LogP contribution in [0.25, 0.3) is 0 Å². The summed E-state index contributed by atoms with van der Waals surface area (Å²) in [6, 6.07) is 0.338.